The zero-order chi connectivity index (χ0) is 61.7. The summed E-state index contributed by atoms with van der Waals surface area (Å²) in [4.78, 5) is 86.9. The Kier molecular flexibility index (Phi) is 18.1. The van der Waals surface area contributed by atoms with Gasteiger partial charge in [0.05, 0.1) is 82.1 Å². The van der Waals surface area contributed by atoms with E-state index >= 15 is 9.59 Å². The highest BCUT2D eigenvalue weighted by Crippen LogP contribution is 2.74. The molecule has 4 heterocycles. The standard InChI is InChI=1S/C67H68O20/c1-9-81-51(69)37-39-53(71)83-55-57(87-67(41-18-14-11-15-19-41,44-24-32-48(76-4)33-25-44)45-26-34-49(77-5)35-27-45)61-64(62(72)79-7)58-54(82-52(70)38-36-50(68)78-6)56(60(84-58)65(64,59(55)85-61)63(73)80-8)86-66(40-16-12-10-13-17-40,42-20-28-46(74-2)29-21-42)43-22-30-47(75-3)31-23-43/h10-35,54-61H,9,36-39H2,1-8H3/t54-,55-,56+,57+,58-,59-,60+,61+,64+,65+/m1/s1. The molecule has 0 spiro atoms. The number of fused-ring (bicyclic) bond motifs is 9. The molecule has 10 rings (SSSR count). The lowest BCUT2D eigenvalue weighted by Crippen LogP contribution is -2.76. The molecule has 4 bridgehead atoms. The van der Waals surface area contributed by atoms with Gasteiger partial charge >= 0.3 is 35.8 Å². The maximum Gasteiger partial charge on any atom is 0.318 e. The Morgan fingerprint density at radius 3 is 0.943 bits per heavy atom. The van der Waals surface area contributed by atoms with Crippen molar-refractivity contribution in [3.63, 3.8) is 0 Å². The largest absolute Gasteiger partial charge is 0.497 e. The first-order chi connectivity index (χ1) is 42.2. The van der Waals surface area contributed by atoms with Crippen molar-refractivity contribution in [3.05, 3.63) is 191 Å². The summed E-state index contributed by atoms with van der Waals surface area (Å²) in [6.07, 6.45) is -15.2. The number of benzene rings is 6. The van der Waals surface area contributed by atoms with Gasteiger partial charge in [-0.2, -0.15) is 0 Å². The highest BCUT2D eigenvalue weighted by molar-refractivity contribution is 5.94. The van der Waals surface area contributed by atoms with Crippen LogP contribution in [0.3, 0.4) is 0 Å². The minimum absolute atomic E-state index is 0.0510. The third kappa shape index (κ3) is 10.4. The van der Waals surface area contributed by atoms with Crippen molar-refractivity contribution in [3.8, 4) is 23.0 Å². The van der Waals surface area contributed by atoms with E-state index in [2.05, 4.69) is 0 Å². The van der Waals surface area contributed by atoms with Gasteiger partial charge in [-0.25, -0.2) is 0 Å². The van der Waals surface area contributed by atoms with Crippen LogP contribution in [0.25, 0.3) is 0 Å². The van der Waals surface area contributed by atoms with Gasteiger partial charge in [0.15, 0.2) is 12.2 Å². The second kappa shape index (κ2) is 25.6. The molecule has 10 atom stereocenters. The number of hydrogen-bond acceptors (Lipinski definition) is 20. The molecule has 0 N–H and O–H groups in total. The molecule has 456 valence electrons. The zero-order valence-corrected chi connectivity index (χ0v) is 49.3. The van der Waals surface area contributed by atoms with Crippen LogP contribution in [-0.4, -0.2) is 141 Å². The molecule has 20 nitrogen and oxygen atoms in total. The third-order valence-corrected chi connectivity index (χ3v) is 17.1. The van der Waals surface area contributed by atoms with Crippen LogP contribution in [0.2, 0.25) is 0 Å². The molecule has 6 aromatic carbocycles. The smallest absolute Gasteiger partial charge is 0.318 e. The summed E-state index contributed by atoms with van der Waals surface area (Å²) in [7, 11) is 9.56. The number of ether oxygens (including phenoxy) is 14. The van der Waals surface area contributed by atoms with Gasteiger partial charge in [-0.3, -0.25) is 28.8 Å². The van der Waals surface area contributed by atoms with E-state index in [4.69, 9.17) is 66.3 Å². The summed E-state index contributed by atoms with van der Waals surface area (Å²) < 4.78 is 87.6. The second-order valence-corrected chi connectivity index (χ2v) is 21.1. The fraction of sp³-hybridized carbons (Fsp3) is 0.373. The zero-order valence-electron chi connectivity index (χ0n) is 49.3. The van der Waals surface area contributed by atoms with E-state index in [1.54, 1.807) is 104 Å². The van der Waals surface area contributed by atoms with Gasteiger partial charge in [-0.15, -0.1) is 0 Å². The molecule has 4 aliphatic heterocycles. The van der Waals surface area contributed by atoms with Crippen molar-refractivity contribution in [2.75, 3.05) is 56.4 Å². The Morgan fingerprint density at radius 2 is 0.655 bits per heavy atom. The average Bonchev–Trinajstić information content (AvgIpc) is 1.46. The van der Waals surface area contributed by atoms with Crippen LogP contribution in [-0.2, 0) is 87.3 Å². The van der Waals surface area contributed by atoms with Crippen LogP contribution in [0.15, 0.2) is 158 Å². The van der Waals surface area contributed by atoms with Crippen molar-refractivity contribution in [2.24, 2.45) is 10.8 Å². The molecule has 0 aromatic heterocycles. The lowest BCUT2D eigenvalue weighted by molar-refractivity contribution is -0.230. The molecular formula is C67H68O20. The highest BCUT2D eigenvalue weighted by Gasteiger charge is 2.95. The molecular weight excluding hydrogens is 1120 g/mol. The Bertz CT molecular complexity index is 3320. The third-order valence-electron chi connectivity index (χ3n) is 17.1. The molecule has 87 heavy (non-hydrogen) atoms. The summed E-state index contributed by atoms with van der Waals surface area (Å²) in [5.74, 6) is -3.31. The molecule has 0 aliphatic carbocycles. The highest BCUT2D eigenvalue weighted by atomic mass is 16.7. The van der Waals surface area contributed by atoms with Crippen LogP contribution in [0.5, 0.6) is 23.0 Å². The number of carbonyl (C=O) groups excluding carboxylic acids is 6. The van der Waals surface area contributed by atoms with E-state index in [0.29, 0.717) is 56.4 Å². The van der Waals surface area contributed by atoms with Crippen LogP contribution < -0.4 is 18.9 Å². The Morgan fingerprint density at radius 1 is 0.368 bits per heavy atom. The fourth-order valence-corrected chi connectivity index (χ4v) is 13.3. The monoisotopic (exact) mass is 1190 g/mol. The first-order valence-corrected chi connectivity index (χ1v) is 28.3. The molecule has 4 saturated heterocycles. The summed E-state index contributed by atoms with van der Waals surface area (Å²) in [6.45, 7) is 1.69. The number of carbonyl (C=O) groups is 6. The van der Waals surface area contributed by atoms with E-state index in [1.165, 1.54) is 35.5 Å². The summed E-state index contributed by atoms with van der Waals surface area (Å²) >= 11 is 0. The summed E-state index contributed by atoms with van der Waals surface area (Å²) in [5, 5.41) is 0. The Hall–Kier alpha value is -8.82. The first-order valence-electron chi connectivity index (χ1n) is 28.3. The topological polar surface area (TPSA) is 232 Å². The molecule has 0 unspecified atom stereocenters. The summed E-state index contributed by atoms with van der Waals surface area (Å²) in [5.41, 5.74) is -5.16. The van der Waals surface area contributed by atoms with E-state index < -0.39 is 126 Å². The SMILES string of the molecule is CCOC(=O)CCC(=O)O[C@@H]1[C@H](OC(c2ccccc2)(c2ccc(OC)cc2)c2ccc(OC)cc2)[C@@H]2O[C@H]1[C@@]1(C(=O)OC)[C@H]3O[C@H]([C@H](OC(=O)CCC(=O)OC)[C@@H]3OC(c3ccccc3)(c3ccc(OC)cc3)c3ccc(OC)cc3)[C@@]21C(=O)OC. The molecule has 0 radical (unpaired) electrons. The fourth-order valence-electron chi connectivity index (χ4n) is 13.3. The number of esters is 6. The van der Waals surface area contributed by atoms with Crippen LogP contribution in [0.1, 0.15) is 66.0 Å². The average molecular weight is 1190 g/mol. The van der Waals surface area contributed by atoms with Crippen molar-refractivity contribution in [1.29, 1.82) is 0 Å². The predicted octanol–water partition coefficient (Wildman–Crippen LogP) is 7.78. The van der Waals surface area contributed by atoms with Crippen molar-refractivity contribution < 1.29 is 95.1 Å². The lowest BCUT2D eigenvalue weighted by atomic mass is 9.47. The minimum Gasteiger partial charge on any atom is -0.497 e. The number of methoxy groups -OCH3 is 7. The Balaban J connectivity index is 1.24. The van der Waals surface area contributed by atoms with E-state index in [1.807, 2.05) is 60.7 Å². The van der Waals surface area contributed by atoms with E-state index in [0.717, 1.165) is 14.2 Å². The maximum absolute atomic E-state index is 16.0. The molecule has 4 aliphatic rings. The van der Waals surface area contributed by atoms with Crippen molar-refractivity contribution in [1.82, 2.24) is 0 Å². The molecule has 0 amide bonds. The van der Waals surface area contributed by atoms with Crippen molar-refractivity contribution >= 4 is 35.8 Å². The lowest BCUT2D eigenvalue weighted by Gasteiger charge is -2.54. The quantitative estimate of drug-likeness (QED) is 0.0302. The first kappa shape index (κ1) is 61.3. The van der Waals surface area contributed by atoms with E-state index in [-0.39, 0.29) is 13.0 Å². The van der Waals surface area contributed by atoms with Gasteiger partial charge in [0.2, 0.25) is 0 Å². The Labute approximate surface area is 503 Å². The number of hydrogen-bond donors (Lipinski definition) is 0. The number of rotatable bonds is 25. The van der Waals surface area contributed by atoms with Crippen molar-refractivity contribution in [2.45, 2.75) is 92.6 Å². The van der Waals surface area contributed by atoms with Gasteiger partial charge in [0.25, 0.3) is 0 Å². The van der Waals surface area contributed by atoms with Gasteiger partial charge in [0.1, 0.15) is 81.7 Å². The van der Waals surface area contributed by atoms with Crippen LogP contribution in [0, 0.1) is 10.8 Å². The summed E-state index contributed by atoms with van der Waals surface area (Å²) in [6, 6.07) is 46.7. The molecule has 6 aromatic rings. The normalized spacial score (nSPS) is 24.0. The maximum atomic E-state index is 16.0. The second-order valence-electron chi connectivity index (χ2n) is 21.1. The van der Waals surface area contributed by atoms with Gasteiger partial charge in [0, 0.05) is 0 Å². The minimum atomic E-state index is -2.44. The van der Waals surface area contributed by atoms with Crippen LogP contribution in [0.4, 0.5) is 0 Å². The molecule has 0 saturated carbocycles. The van der Waals surface area contributed by atoms with Gasteiger partial charge in [-0.1, -0.05) is 109 Å². The predicted molar refractivity (Wildman–Crippen MR) is 307 cm³/mol. The molecule has 20 heteroatoms. The van der Waals surface area contributed by atoms with E-state index in [9.17, 15) is 19.2 Å². The van der Waals surface area contributed by atoms with Crippen LogP contribution >= 0.6 is 0 Å². The van der Waals surface area contributed by atoms with Gasteiger partial charge < -0.3 is 66.3 Å². The molecule has 4 fully saturated rings. The van der Waals surface area contributed by atoms with Gasteiger partial charge in [-0.05, 0) is 88.8 Å².